The minimum absolute atomic E-state index is 0.111. The summed E-state index contributed by atoms with van der Waals surface area (Å²) in [4.78, 5) is 12.7. The van der Waals surface area contributed by atoms with Crippen LogP contribution < -0.4 is 15.2 Å². The zero-order chi connectivity index (χ0) is 20.6. The molecule has 8 nitrogen and oxygen atoms in total. The molecule has 0 fully saturated rings. The summed E-state index contributed by atoms with van der Waals surface area (Å²) in [5.41, 5.74) is 3.48. The maximum absolute atomic E-state index is 12.9. The highest BCUT2D eigenvalue weighted by Crippen LogP contribution is 2.30. The number of ether oxygens (including phenoxy) is 1. The maximum Gasteiger partial charge on any atom is 0.276 e. The van der Waals surface area contributed by atoms with Crippen LogP contribution >= 0.6 is 0 Å². The average Bonchev–Trinajstić information content (AvgIpc) is 3.30. The molecule has 1 amide bonds. The van der Waals surface area contributed by atoms with Gasteiger partial charge >= 0.3 is 0 Å². The van der Waals surface area contributed by atoms with Gasteiger partial charge in [0.05, 0.1) is 12.8 Å². The SMILES string of the molecule is COc1ccc(NC(=O)c2nn(-c3ccccc3)c3c2CCC3)cc1S(N)(=O)=O. The van der Waals surface area contributed by atoms with Gasteiger partial charge in [0.15, 0.2) is 5.69 Å². The van der Waals surface area contributed by atoms with E-state index in [0.29, 0.717) is 11.4 Å². The van der Waals surface area contributed by atoms with Crippen molar-refractivity contribution in [2.75, 3.05) is 12.4 Å². The molecule has 0 saturated carbocycles. The number of nitrogens with zero attached hydrogens (tertiary/aromatic N) is 2. The van der Waals surface area contributed by atoms with Crippen LogP contribution in [0.15, 0.2) is 53.4 Å². The third kappa shape index (κ3) is 3.62. The van der Waals surface area contributed by atoms with Gasteiger partial charge in [0.1, 0.15) is 10.6 Å². The summed E-state index contributed by atoms with van der Waals surface area (Å²) in [5.74, 6) is -0.289. The van der Waals surface area contributed by atoms with Crippen molar-refractivity contribution in [3.05, 3.63) is 65.5 Å². The van der Waals surface area contributed by atoms with E-state index in [-0.39, 0.29) is 10.6 Å². The van der Waals surface area contributed by atoms with Gasteiger partial charge in [0, 0.05) is 16.9 Å². The lowest BCUT2D eigenvalue weighted by Crippen LogP contribution is -2.17. The molecule has 0 unspecified atom stereocenters. The molecule has 0 spiro atoms. The number of hydrogen-bond acceptors (Lipinski definition) is 5. The largest absolute Gasteiger partial charge is 0.495 e. The number of sulfonamides is 1. The molecule has 9 heteroatoms. The quantitative estimate of drug-likeness (QED) is 0.667. The summed E-state index contributed by atoms with van der Waals surface area (Å²) in [6, 6.07) is 13.9. The molecule has 1 aromatic heterocycles. The summed E-state index contributed by atoms with van der Waals surface area (Å²) in [7, 11) is -2.66. The Labute approximate surface area is 168 Å². The number of primary sulfonamides is 1. The van der Waals surface area contributed by atoms with Gasteiger partial charge in [-0.1, -0.05) is 18.2 Å². The Morgan fingerprint density at radius 1 is 1.17 bits per heavy atom. The van der Waals surface area contributed by atoms with E-state index in [1.165, 1.54) is 19.2 Å². The maximum atomic E-state index is 12.9. The molecule has 150 valence electrons. The normalized spacial score (nSPS) is 13.2. The Hall–Kier alpha value is -3.17. The molecule has 1 heterocycles. The molecule has 29 heavy (non-hydrogen) atoms. The van der Waals surface area contributed by atoms with E-state index in [9.17, 15) is 13.2 Å². The lowest BCUT2D eigenvalue weighted by atomic mass is 10.2. The molecule has 1 aliphatic rings. The first-order valence-corrected chi connectivity index (χ1v) is 10.6. The standard InChI is InChI=1S/C20H20N4O4S/c1-28-17-11-10-13(12-18(17)29(21,26)27)22-20(25)19-15-8-5-9-16(15)24(23-19)14-6-3-2-4-7-14/h2-4,6-7,10-12H,5,8-9H2,1H3,(H,22,25)(H2,21,26,27). The van der Waals surface area contributed by atoms with Crippen molar-refractivity contribution in [2.45, 2.75) is 24.2 Å². The van der Waals surface area contributed by atoms with Gasteiger partial charge in [-0.05, 0) is 49.6 Å². The lowest BCUT2D eigenvalue weighted by molar-refractivity contribution is 0.102. The van der Waals surface area contributed by atoms with Crippen molar-refractivity contribution in [2.24, 2.45) is 5.14 Å². The van der Waals surface area contributed by atoms with Crippen LogP contribution in [0.25, 0.3) is 5.69 Å². The monoisotopic (exact) mass is 412 g/mol. The molecule has 0 atom stereocenters. The molecule has 3 N–H and O–H groups in total. The Morgan fingerprint density at radius 3 is 2.62 bits per heavy atom. The highest BCUT2D eigenvalue weighted by molar-refractivity contribution is 7.89. The van der Waals surface area contributed by atoms with E-state index in [2.05, 4.69) is 10.4 Å². The van der Waals surface area contributed by atoms with Crippen LogP contribution in [-0.4, -0.2) is 31.2 Å². The van der Waals surface area contributed by atoms with Crippen LogP contribution in [0, 0.1) is 0 Å². The highest BCUT2D eigenvalue weighted by Gasteiger charge is 2.27. The fourth-order valence-electron chi connectivity index (χ4n) is 3.57. The Kier molecular flexibility index (Phi) is 4.85. The zero-order valence-electron chi connectivity index (χ0n) is 15.8. The smallest absolute Gasteiger partial charge is 0.276 e. The van der Waals surface area contributed by atoms with Crippen molar-refractivity contribution in [1.29, 1.82) is 0 Å². The molecule has 3 aromatic rings. The van der Waals surface area contributed by atoms with Gasteiger partial charge in [-0.2, -0.15) is 5.10 Å². The van der Waals surface area contributed by atoms with E-state index in [0.717, 1.165) is 36.2 Å². The number of para-hydroxylation sites is 1. The summed E-state index contributed by atoms with van der Waals surface area (Å²) in [5, 5.41) is 12.5. The second-order valence-corrected chi connectivity index (χ2v) is 8.27. The number of aromatic nitrogens is 2. The second kappa shape index (κ2) is 7.34. The number of fused-ring (bicyclic) bond motifs is 1. The van der Waals surface area contributed by atoms with Crippen LogP contribution in [0.4, 0.5) is 5.69 Å². The number of nitrogens with one attached hydrogen (secondary N) is 1. The van der Waals surface area contributed by atoms with Crippen molar-refractivity contribution < 1.29 is 17.9 Å². The fourth-order valence-corrected chi connectivity index (χ4v) is 4.29. The third-order valence-electron chi connectivity index (χ3n) is 4.87. The molecule has 0 saturated heterocycles. The van der Waals surface area contributed by atoms with Gasteiger partial charge in [-0.15, -0.1) is 0 Å². The predicted molar refractivity (Wildman–Crippen MR) is 108 cm³/mol. The van der Waals surface area contributed by atoms with Gasteiger partial charge in [0.25, 0.3) is 5.91 Å². The van der Waals surface area contributed by atoms with Crippen molar-refractivity contribution in [3.8, 4) is 11.4 Å². The van der Waals surface area contributed by atoms with Crippen LogP contribution in [0.3, 0.4) is 0 Å². The number of methoxy groups -OCH3 is 1. The van der Waals surface area contributed by atoms with E-state index in [1.54, 1.807) is 10.7 Å². The van der Waals surface area contributed by atoms with Gasteiger partial charge < -0.3 is 10.1 Å². The van der Waals surface area contributed by atoms with E-state index >= 15 is 0 Å². The Bertz CT molecular complexity index is 1190. The van der Waals surface area contributed by atoms with Crippen LogP contribution in [0.1, 0.15) is 28.2 Å². The van der Waals surface area contributed by atoms with E-state index in [1.807, 2.05) is 30.3 Å². The molecular weight excluding hydrogens is 392 g/mol. The Morgan fingerprint density at radius 2 is 1.93 bits per heavy atom. The minimum Gasteiger partial charge on any atom is -0.495 e. The predicted octanol–water partition coefficient (Wildman–Crippen LogP) is 2.27. The second-order valence-electron chi connectivity index (χ2n) is 6.74. The number of anilines is 1. The van der Waals surface area contributed by atoms with Gasteiger partial charge in [-0.25, -0.2) is 18.2 Å². The van der Waals surface area contributed by atoms with Crippen molar-refractivity contribution >= 4 is 21.6 Å². The molecule has 0 radical (unpaired) electrons. The molecule has 0 aliphatic heterocycles. The van der Waals surface area contributed by atoms with Gasteiger partial charge in [0.2, 0.25) is 10.0 Å². The van der Waals surface area contributed by atoms with E-state index in [4.69, 9.17) is 9.88 Å². The molecule has 4 rings (SSSR count). The number of rotatable bonds is 5. The van der Waals surface area contributed by atoms with Crippen LogP contribution in [0.5, 0.6) is 5.75 Å². The Balaban J connectivity index is 1.69. The molecular formula is C20H20N4O4S. The summed E-state index contributed by atoms with van der Waals surface area (Å²) < 4.78 is 30.5. The topological polar surface area (TPSA) is 116 Å². The highest BCUT2D eigenvalue weighted by atomic mass is 32.2. The summed E-state index contributed by atoms with van der Waals surface area (Å²) in [6.07, 6.45) is 2.58. The number of hydrogen-bond donors (Lipinski definition) is 2. The number of amides is 1. The van der Waals surface area contributed by atoms with Crippen molar-refractivity contribution in [3.63, 3.8) is 0 Å². The number of benzene rings is 2. The fraction of sp³-hybridized carbons (Fsp3) is 0.200. The summed E-state index contributed by atoms with van der Waals surface area (Å²) >= 11 is 0. The van der Waals surface area contributed by atoms with Crippen LogP contribution in [-0.2, 0) is 22.9 Å². The zero-order valence-corrected chi connectivity index (χ0v) is 16.6. The molecule has 2 aromatic carbocycles. The third-order valence-corrected chi connectivity index (χ3v) is 5.81. The first-order chi connectivity index (χ1) is 13.9. The number of nitrogens with two attached hydrogens (primary N) is 1. The van der Waals surface area contributed by atoms with Crippen molar-refractivity contribution in [1.82, 2.24) is 9.78 Å². The minimum atomic E-state index is -4.01. The molecule has 1 aliphatic carbocycles. The number of carbonyl (C=O) groups is 1. The lowest BCUT2D eigenvalue weighted by Gasteiger charge is -2.10. The summed E-state index contributed by atoms with van der Waals surface area (Å²) in [6.45, 7) is 0. The van der Waals surface area contributed by atoms with Crippen LogP contribution in [0.2, 0.25) is 0 Å². The number of carbonyl (C=O) groups excluding carboxylic acids is 1. The first kappa shape index (κ1) is 19.2. The molecule has 0 bridgehead atoms. The van der Waals surface area contributed by atoms with E-state index < -0.39 is 15.9 Å². The van der Waals surface area contributed by atoms with Gasteiger partial charge in [-0.3, -0.25) is 4.79 Å². The average molecular weight is 412 g/mol. The first-order valence-electron chi connectivity index (χ1n) is 9.07.